The van der Waals surface area contributed by atoms with Gasteiger partial charge in [0.1, 0.15) is 9.84 Å². The number of rotatable bonds is 3. The Morgan fingerprint density at radius 1 is 1.29 bits per heavy atom. The molecule has 1 aromatic carbocycles. The Balaban J connectivity index is 1.84. The van der Waals surface area contributed by atoms with Gasteiger partial charge in [-0.25, -0.2) is 8.42 Å². The van der Waals surface area contributed by atoms with E-state index in [0.717, 1.165) is 17.1 Å². The Labute approximate surface area is 107 Å². The first-order valence-corrected chi connectivity index (χ1v) is 7.93. The summed E-state index contributed by atoms with van der Waals surface area (Å²) in [6.07, 6.45) is 1.42. The summed E-state index contributed by atoms with van der Waals surface area (Å²) < 4.78 is 22.5. The molecule has 0 radical (unpaired) electrons. The van der Waals surface area contributed by atoms with Gasteiger partial charge in [0.25, 0.3) is 0 Å². The number of hydrogen-bond donors (Lipinski definition) is 1. The van der Waals surface area contributed by atoms with Gasteiger partial charge < -0.3 is 5.32 Å². The first-order valence-electron chi connectivity index (χ1n) is 5.73. The van der Waals surface area contributed by atoms with Gasteiger partial charge >= 0.3 is 0 Å². The highest BCUT2D eigenvalue weighted by Gasteiger charge is 2.22. The second kappa shape index (κ2) is 5.38. The van der Waals surface area contributed by atoms with Crippen molar-refractivity contribution in [3.05, 3.63) is 34.9 Å². The average molecular weight is 274 g/mol. The number of hydrogen-bond acceptors (Lipinski definition) is 3. The summed E-state index contributed by atoms with van der Waals surface area (Å²) in [5.41, 5.74) is 1.13. The zero-order valence-corrected chi connectivity index (χ0v) is 11.1. The lowest BCUT2D eigenvalue weighted by atomic mass is 10.1. The van der Waals surface area contributed by atoms with Crippen LogP contribution in [0, 0.1) is 0 Å². The summed E-state index contributed by atoms with van der Waals surface area (Å²) in [6.45, 7) is 0.741. The Morgan fingerprint density at radius 3 is 2.65 bits per heavy atom. The lowest BCUT2D eigenvalue weighted by molar-refractivity contribution is 0.463. The maximum atomic E-state index is 11.3. The summed E-state index contributed by atoms with van der Waals surface area (Å²) in [4.78, 5) is 0. The number of nitrogens with one attached hydrogen (secondary N) is 1. The fourth-order valence-electron chi connectivity index (χ4n) is 2.00. The van der Waals surface area contributed by atoms with Gasteiger partial charge in [-0.05, 0) is 30.5 Å². The number of sulfone groups is 1. The smallest absolute Gasteiger partial charge is 0.150 e. The number of halogens is 1. The Kier molecular flexibility index (Phi) is 4.07. The zero-order valence-electron chi connectivity index (χ0n) is 9.52. The van der Waals surface area contributed by atoms with Crippen molar-refractivity contribution in [1.82, 2.24) is 5.32 Å². The molecule has 0 saturated carbocycles. The van der Waals surface area contributed by atoms with E-state index in [1.54, 1.807) is 0 Å². The van der Waals surface area contributed by atoms with Crippen LogP contribution in [0.5, 0.6) is 0 Å². The van der Waals surface area contributed by atoms with Crippen molar-refractivity contribution in [3.63, 3.8) is 0 Å². The zero-order chi connectivity index (χ0) is 12.3. The van der Waals surface area contributed by atoms with Crippen LogP contribution >= 0.6 is 11.6 Å². The maximum absolute atomic E-state index is 11.3. The monoisotopic (exact) mass is 273 g/mol. The first-order chi connectivity index (χ1) is 8.05. The van der Waals surface area contributed by atoms with E-state index in [9.17, 15) is 8.42 Å². The molecular formula is C12H16ClNO2S. The fraction of sp³-hybridized carbons (Fsp3) is 0.500. The van der Waals surface area contributed by atoms with E-state index in [-0.39, 0.29) is 0 Å². The predicted octanol–water partition coefficient (Wildman–Crippen LogP) is 2.01. The topological polar surface area (TPSA) is 46.2 Å². The molecule has 17 heavy (non-hydrogen) atoms. The maximum Gasteiger partial charge on any atom is 0.150 e. The summed E-state index contributed by atoms with van der Waals surface area (Å²) in [6, 6.07) is 8.01. The van der Waals surface area contributed by atoms with Gasteiger partial charge in [0.2, 0.25) is 0 Å². The lowest BCUT2D eigenvalue weighted by Gasteiger charge is -2.23. The standard InChI is InChI=1S/C12H16ClNO2S/c13-11-3-1-2-10(8-11)9-14-12-4-6-17(15,16)7-5-12/h1-3,8,12,14H,4-7,9H2. The molecule has 2 rings (SSSR count). The average Bonchev–Trinajstić information content (AvgIpc) is 2.28. The van der Waals surface area contributed by atoms with Crippen LogP contribution < -0.4 is 5.32 Å². The van der Waals surface area contributed by atoms with Crippen molar-refractivity contribution in [2.24, 2.45) is 0 Å². The molecule has 1 heterocycles. The van der Waals surface area contributed by atoms with Gasteiger partial charge in [-0.15, -0.1) is 0 Å². The van der Waals surface area contributed by atoms with Gasteiger partial charge in [-0.1, -0.05) is 23.7 Å². The SMILES string of the molecule is O=S1(=O)CCC(NCc2cccc(Cl)c2)CC1. The molecule has 1 N–H and O–H groups in total. The molecule has 3 nitrogen and oxygen atoms in total. The van der Waals surface area contributed by atoms with Crippen LogP contribution in [0.4, 0.5) is 0 Å². The highest BCUT2D eigenvalue weighted by atomic mass is 35.5. The molecule has 1 aromatic rings. The molecule has 0 bridgehead atoms. The second-order valence-corrected chi connectivity index (χ2v) is 7.18. The molecule has 1 saturated heterocycles. The lowest BCUT2D eigenvalue weighted by Crippen LogP contribution is -2.37. The molecule has 5 heteroatoms. The van der Waals surface area contributed by atoms with Crippen LogP contribution in [0.3, 0.4) is 0 Å². The van der Waals surface area contributed by atoms with Crippen molar-refractivity contribution in [2.75, 3.05) is 11.5 Å². The molecule has 0 amide bonds. The summed E-state index contributed by atoms with van der Waals surface area (Å²) in [5.74, 6) is 0.612. The van der Waals surface area contributed by atoms with E-state index in [1.165, 1.54) is 0 Å². The molecule has 0 unspecified atom stereocenters. The molecule has 0 spiro atoms. The summed E-state index contributed by atoms with van der Waals surface area (Å²) >= 11 is 5.90. The Morgan fingerprint density at radius 2 is 2.00 bits per heavy atom. The molecule has 94 valence electrons. The third-order valence-corrected chi connectivity index (χ3v) is 4.99. The van der Waals surface area contributed by atoms with E-state index in [1.807, 2.05) is 24.3 Å². The van der Waals surface area contributed by atoms with Gasteiger partial charge in [-0.3, -0.25) is 0 Å². The third-order valence-electron chi connectivity index (χ3n) is 3.04. The molecule has 1 aliphatic rings. The predicted molar refractivity (Wildman–Crippen MR) is 70.0 cm³/mol. The quantitative estimate of drug-likeness (QED) is 0.916. The minimum Gasteiger partial charge on any atom is -0.310 e. The van der Waals surface area contributed by atoms with Gasteiger partial charge in [0.05, 0.1) is 11.5 Å². The van der Waals surface area contributed by atoms with Crippen LogP contribution in [0.2, 0.25) is 5.02 Å². The Hall–Kier alpha value is -0.580. The van der Waals surface area contributed by atoms with Crippen LogP contribution in [-0.4, -0.2) is 26.0 Å². The molecule has 0 aromatic heterocycles. The summed E-state index contributed by atoms with van der Waals surface area (Å²) in [5, 5.41) is 4.11. The number of benzene rings is 1. The minimum absolute atomic E-state index is 0.303. The first kappa shape index (κ1) is 12.9. The van der Waals surface area contributed by atoms with Gasteiger partial charge in [0, 0.05) is 17.6 Å². The molecule has 0 atom stereocenters. The summed E-state index contributed by atoms with van der Waals surface area (Å²) in [7, 11) is -2.77. The highest BCUT2D eigenvalue weighted by molar-refractivity contribution is 7.91. The van der Waals surface area contributed by atoms with Crippen LogP contribution in [-0.2, 0) is 16.4 Å². The van der Waals surface area contributed by atoms with Crippen LogP contribution in [0.15, 0.2) is 24.3 Å². The largest absolute Gasteiger partial charge is 0.310 e. The van der Waals surface area contributed by atoms with Crippen molar-refractivity contribution in [3.8, 4) is 0 Å². The van der Waals surface area contributed by atoms with E-state index in [2.05, 4.69) is 5.32 Å². The van der Waals surface area contributed by atoms with Crippen molar-refractivity contribution in [1.29, 1.82) is 0 Å². The third kappa shape index (κ3) is 3.98. The van der Waals surface area contributed by atoms with E-state index < -0.39 is 9.84 Å². The minimum atomic E-state index is -2.77. The highest BCUT2D eigenvalue weighted by Crippen LogP contribution is 2.14. The van der Waals surface area contributed by atoms with Gasteiger partial charge in [-0.2, -0.15) is 0 Å². The van der Waals surface area contributed by atoms with Crippen molar-refractivity contribution in [2.45, 2.75) is 25.4 Å². The van der Waals surface area contributed by atoms with E-state index >= 15 is 0 Å². The Bertz CT molecular complexity index is 473. The fourth-order valence-corrected chi connectivity index (χ4v) is 3.71. The second-order valence-electron chi connectivity index (χ2n) is 4.44. The van der Waals surface area contributed by atoms with E-state index in [0.29, 0.717) is 30.4 Å². The van der Waals surface area contributed by atoms with Gasteiger partial charge in [0.15, 0.2) is 0 Å². The normalized spacial score (nSPS) is 20.3. The van der Waals surface area contributed by atoms with Crippen molar-refractivity contribution >= 4 is 21.4 Å². The molecular weight excluding hydrogens is 258 g/mol. The van der Waals surface area contributed by atoms with Crippen LogP contribution in [0.1, 0.15) is 18.4 Å². The molecule has 1 aliphatic heterocycles. The molecule has 0 aliphatic carbocycles. The van der Waals surface area contributed by atoms with Crippen LogP contribution in [0.25, 0.3) is 0 Å². The van der Waals surface area contributed by atoms with E-state index in [4.69, 9.17) is 11.6 Å². The van der Waals surface area contributed by atoms with Crippen molar-refractivity contribution < 1.29 is 8.42 Å². The molecule has 1 fully saturated rings.